The highest BCUT2D eigenvalue weighted by molar-refractivity contribution is 9.11. The van der Waals surface area contributed by atoms with E-state index in [1.807, 2.05) is 12.1 Å². The van der Waals surface area contributed by atoms with Crippen molar-refractivity contribution in [3.63, 3.8) is 0 Å². The van der Waals surface area contributed by atoms with Crippen LogP contribution in [0.3, 0.4) is 0 Å². The molecule has 0 saturated carbocycles. The molecule has 1 heterocycles. The number of carbonyl (C=O) groups is 2. The van der Waals surface area contributed by atoms with Crippen molar-refractivity contribution in [2.75, 3.05) is 13.7 Å². The van der Waals surface area contributed by atoms with Gasteiger partial charge in [0.1, 0.15) is 5.75 Å². The Morgan fingerprint density at radius 1 is 1.18 bits per heavy atom. The molecule has 0 aliphatic heterocycles. The van der Waals surface area contributed by atoms with Crippen LogP contribution in [0.2, 0.25) is 0 Å². The highest BCUT2D eigenvalue weighted by atomic mass is 79.9. The predicted molar refractivity (Wildman–Crippen MR) is 90.4 cm³/mol. The van der Waals surface area contributed by atoms with Crippen LogP contribution in [0.5, 0.6) is 5.75 Å². The molecule has 4 nitrogen and oxygen atoms in total. The lowest BCUT2D eigenvalue weighted by atomic mass is 10.1. The van der Waals surface area contributed by atoms with Crippen LogP contribution >= 0.6 is 27.3 Å². The van der Waals surface area contributed by atoms with Gasteiger partial charge in [-0.15, -0.1) is 11.3 Å². The fourth-order valence-electron chi connectivity index (χ4n) is 1.80. The number of hydrogen-bond acceptors (Lipinski definition) is 4. The molecule has 0 spiro atoms. The summed E-state index contributed by atoms with van der Waals surface area (Å²) in [5.74, 6) is 0.482. The van der Waals surface area contributed by atoms with E-state index in [1.54, 1.807) is 47.5 Å². The summed E-state index contributed by atoms with van der Waals surface area (Å²) < 4.78 is 6.50. The zero-order valence-corrected chi connectivity index (χ0v) is 14.7. The van der Waals surface area contributed by atoms with Crippen LogP contribution in [0.25, 0.3) is 0 Å². The molecule has 1 aromatic carbocycles. The summed E-state index contributed by atoms with van der Waals surface area (Å²) in [6.45, 7) is 2.04. The molecule has 0 atom stereocenters. The van der Waals surface area contributed by atoms with E-state index in [-0.39, 0.29) is 18.3 Å². The molecule has 0 bridgehead atoms. The van der Waals surface area contributed by atoms with Gasteiger partial charge in [0.25, 0.3) is 5.91 Å². The molecular formula is C16H16BrNO3S. The number of Topliss-reactive ketones (excluding diaryl/α,β-unsaturated/α-hetero) is 1. The Kier molecular flexibility index (Phi) is 5.74. The summed E-state index contributed by atoms with van der Waals surface area (Å²) in [4.78, 5) is 26.0. The van der Waals surface area contributed by atoms with Gasteiger partial charge < -0.3 is 9.64 Å². The average Bonchev–Trinajstić information content (AvgIpc) is 2.90. The summed E-state index contributed by atoms with van der Waals surface area (Å²) in [6.07, 6.45) is 0. The molecular weight excluding hydrogens is 366 g/mol. The maximum atomic E-state index is 12.0. The number of rotatable bonds is 6. The zero-order chi connectivity index (χ0) is 16.1. The fourth-order valence-corrected chi connectivity index (χ4v) is 3.34. The first-order valence-electron chi connectivity index (χ1n) is 6.67. The summed E-state index contributed by atoms with van der Waals surface area (Å²) in [5, 5.41) is 0. The molecule has 1 aromatic heterocycles. The van der Waals surface area contributed by atoms with Crippen molar-refractivity contribution in [2.45, 2.75) is 13.5 Å². The van der Waals surface area contributed by atoms with Crippen LogP contribution < -0.4 is 4.74 Å². The zero-order valence-electron chi connectivity index (χ0n) is 12.3. The van der Waals surface area contributed by atoms with Gasteiger partial charge in [-0.2, -0.15) is 0 Å². The van der Waals surface area contributed by atoms with E-state index >= 15 is 0 Å². The van der Waals surface area contributed by atoms with Crippen molar-refractivity contribution in [3.8, 4) is 5.75 Å². The molecule has 0 fully saturated rings. The van der Waals surface area contributed by atoms with Gasteiger partial charge in [0, 0.05) is 17.5 Å². The highest BCUT2D eigenvalue weighted by Gasteiger charge is 2.11. The van der Waals surface area contributed by atoms with E-state index in [1.165, 1.54) is 6.92 Å². The minimum Gasteiger partial charge on any atom is -0.484 e. The Labute approximate surface area is 141 Å². The minimum absolute atomic E-state index is 0.00414. The Hall–Kier alpha value is -1.66. The van der Waals surface area contributed by atoms with Crippen molar-refractivity contribution in [1.29, 1.82) is 0 Å². The van der Waals surface area contributed by atoms with Gasteiger partial charge in [-0.05, 0) is 59.3 Å². The number of likely N-dealkylation sites (N-methyl/N-ethyl adjacent to an activating group) is 1. The quantitative estimate of drug-likeness (QED) is 0.715. The van der Waals surface area contributed by atoms with E-state index in [9.17, 15) is 9.59 Å². The Bertz CT molecular complexity index is 666. The smallest absolute Gasteiger partial charge is 0.260 e. The van der Waals surface area contributed by atoms with Gasteiger partial charge >= 0.3 is 0 Å². The van der Waals surface area contributed by atoms with E-state index in [0.29, 0.717) is 17.9 Å². The van der Waals surface area contributed by atoms with Crippen molar-refractivity contribution in [1.82, 2.24) is 4.90 Å². The third-order valence-corrected chi connectivity index (χ3v) is 4.68. The molecule has 1 amide bonds. The lowest BCUT2D eigenvalue weighted by Gasteiger charge is -2.16. The largest absolute Gasteiger partial charge is 0.484 e. The van der Waals surface area contributed by atoms with Crippen LogP contribution in [0, 0.1) is 0 Å². The molecule has 6 heteroatoms. The van der Waals surface area contributed by atoms with Crippen LogP contribution in [0.4, 0.5) is 0 Å². The monoisotopic (exact) mass is 381 g/mol. The number of ether oxygens (including phenoxy) is 1. The first kappa shape index (κ1) is 16.7. The molecule has 2 rings (SSSR count). The van der Waals surface area contributed by atoms with Gasteiger partial charge in [0.15, 0.2) is 12.4 Å². The van der Waals surface area contributed by atoms with Crippen molar-refractivity contribution >= 4 is 39.0 Å². The third kappa shape index (κ3) is 4.68. The van der Waals surface area contributed by atoms with E-state index in [0.717, 1.165) is 8.66 Å². The molecule has 2 aromatic rings. The van der Waals surface area contributed by atoms with Crippen LogP contribution in [-0.2, 0) is 11.3 Å². The average molecular weight is 382 g/mol. The molecule has 0 unspecified atom stereocenters. The predicted octanol–water partition coefficient (Wildman–Crippen LogP) is 3.75. The van der Waals surface area contributed by atoms with E-state index in [4.69, 9.17) is 4.74 Å². The molecule has 0 N–H and O–H groups in total. The van der Waals surface area contributed by atoms with Crippen molar-refractivity contribution in [2.24, 2.45) is 0 Å². The van der Waals surface area contributed by atoms with Gasteiger partial charge in [0.2, 0.25) is 0 Å². The lowest BCUT2D eigenvalue weighted by Crippen LogP contribution is -2.30. The van der Waals surface area contributed by atoms with Gasteiger partial charge in [-0.3, -0.25) is 9.59 Å². The van der Waals surface area contributed by atoms with Crippen molar-refractivity contribution in [3.05, 3.63) is 50.6 Å². The van der Waals surface area contributed by atoms with Gasteiger partial charge in [-0.25, -0.2) is 0 Å². The van der Waals surface area contributed by atoms with Gasteiger partial charge in [0.05, 0.1) is 10.3 Å². The molecule has 0 aliphatic carbocycles. The van der Waals surface area contributed by atoms with Gasteiger partial charge in [-0.1, -0.05) is 0 Å². The van der Waals surface area contributed by atoms with E-state index < -0.39 is 0 Å². The Morgan fingerprint density at radius 3 is 2.41 bits per heavy atom. The normalized spacial score (nSPS) is 10.3. The summed E-state index contributed by atoms with van der Waals surface area (Å²) in [6, 6.07) is 10.7. The molecule has 116 valence electrons. The Balaban J connectivity index is 1.85. The first-order chi connectivity index (χ1) is 10.5. The van der Waals surface area contributed by atoms with E-state index in [2.05, 4.69) is 15.9 Å². The minimum atomic E-state index is -0.0971. The SMILES string of the molecule is CC(=O)c1ccc(OCC(=O)N(C)Cc2ccc(Br)s2)cc1. The number of benzene rings is 1. The third-order valence-electron chi connectivity index (χ3n) is 3.07. The number of hydrogen-bond donors (Lipinski definition) is 0. The molecule has 0 saturated heterocycles. The van der Waals surface area contributed by atoms with Crippen LogP contribution in [0.15, 0.2) is 40.2 Å². The standard InChI is InChI=1S/C16H16BrNO3S/c1-11(19)12-3-5-13(6-4-12)21-10-16(20)18(2)9-14-7-8-15(17)22-14/h3-8H,9-10H2,1-2H3. The second kappa shape index (κ2) is 7.56. The number of thiophene rings is 1. The highest BCUT2D eigenvalue weighted by Crippen LogP contribution is 2.23. The summed E-state index contributed by atoms with van der Waals surface area (Å²) >= 11 is 5.01. The number of carbonyl (C=O) groups excluding carboxylic acids is 2. The number of halogens is 1. The summed E-state index contributed by atoms with van der Waals surface area (Å²) in [5.41, 5.74) is 0.624. The fraction of sp³-hybridized carbons (Fsp3) is 0.250. The molecule has 0 aliphatic rings. The molecule has 22 heavy (non-hydrogen) atoms. The number of ketones is 1. The maximum Gasteiger partial charge on any atom is 0.260 e. The topological polar surface area (TPSA) is 46.6 Å². The van der Waals surface area contributed by atoms with Crippen LogP contribution in [0.1, 0.15) is 22.2 Å². The van der Waals surface area contributed by atoms with Crippen LogP contribution in [-0.4, -0.2) is 30.2 Å². The number of nitrogens with zero attached hydrogens (tertiary/aromatic N) is 1. The lowest BCUT2D eigenvalue weighted by molar-refractivity contribution is -0.132. The molecule has 0 radical (unpaired) electrons. The second-order valence-corrected chi connectivity index (χ2v) is 7.37. The second-order valence-electron chi connectivity index (χ2n) is 4.82. The van der Waals surface area contributed by atoms with Crippen molar-refractivity contribution < 1.29 is 14.3 Å². The summed E-state index contributed by atoms with van der Waals surface area (Å²) in [7, 11) is 1.75. The Morgan fingerprint density at radius 2 is 1.86 bits per heavy atom. The maximum absolute atomic E-state index is 12.0. The number of amides is 1. The first-order valence-corrected chi connectivity index (χ1v) is 8.28.